The highest BCUT2D eigenvalue weighted by Crippen LogP contribution is 2.43. The number of aliphatic hydroxyl groups is 2. The number of unbranched alkanes of at least 4 members (excludes halogenated alkanes) is 24. The number of rotatable bonds is 40. The van der Waals surface area contributed by atoms with Gasteiger partial charge in [-0.05, 0) is 32.1 Å². The van der Waals surface area contributed by atoms with E-state index in [-0.39, 0.29) is 19.6 Å². The van der Waals surface area contributed by atoms with Crippen LogP contribution in [0.2, 0.25) is 0 Å². The maximum atomic E-state index is 12.8. The molecule has 0 rings (SSSR count). The van der Waals surface area contributed by atoms with Crippen molar-refractivity contribution in [3.8, 4) is 0 Å². The summed E-state index contributed by atoms with van der Waals surface area (Å²) in [6, 6.07) is -0.994. The van der Waals surface area contributed by atoms with E-state index in [0.29, 0.717) is 12.8 Å². The number of carbonyl (C=O) groups is 1. The monoisotopic (exact) mass is 759 g/mol. The molecule has 308 valence electrons. The number of allylic oxidation sites excluding steroid dienone is 3. The standard InChI is InChI=1S/C42H83N2O7P/c1-3-5-7-9-11-13-15-17-18-19-20-21-22-23-25-27-29-31-33-39(45)37-42(47)44-40(38-51-52(48,49)50-36-35-43)41(46)34-32-30-28-26-24-16-14-12-10-8-6-4-2/h24,26,32,34,39-41,45-46H,3-23,25,27-31,33,35-38,43H2,1-2H3,(H,44,47)(H,48,49)/b26-24+,34-32+. The van der Waals surface area contributed by atoms with Crippen molar-refractivity contribution in [3.63, 3.8) is 0 Å². The van der Waals surface area contributed by atoms with Crippen LogP contribution >= 0.6 is 7.82 Å². The summed E-state index contributed by atoms with van der Waals surface area (Å²) in [6.45, 7) is 3.94. The molecule has 1 amide bonds. The SMILES string of the molecule is CCCCCCCC/C=C/CC/C=C/C(O)C(COP(=O)(O)OCCN)NC(=O)CC(O)CCCCCCCCCCCCCCCCCCCC. The number of phosphoric acid groups is 1. The van der Waals surface area contributed by atoms with Crippen LogP contribution in [-0.4, -0.2) is 59.0 Å². The lowest BCUT2D eigenvalue weighted by Crippen LogP contribution is -2.46. The summed E-state index contributed by atoms with van der Waals surface area (Å²) in [5.41, 5.74) is 5.35. The molecule has 0 bridgehead atoms. The van der Waals surface area contributed by atoms with Gasteiger partial charge in [-0.1, -0.05) is 186 Å². The maximum Gasteiger partial charge on any atom is 0.472 e. The highest BCUT2D eigenvalue weighted by molar-refractivity contribution is 7.47. The average molecular weight is 759 g/mol. The van der Waals surface area contributed by atoms with Crippen molar-refractivity contribution in [2.24, 2.45) is 5.73 Å². The molecule has 0 aromatic carbocycles. The predicted octanol–water partition coefficient (Wildman–Crippen LogP) is 10.8. The van der Waals surface area contributed by atoms with Gasteiger partial charge in [-0.25, -0.2) is 4.57 Å². The first kappa shape index (κ1) is 50.9. The molecule has 0 fully saturated rings. The molecule has 0 heterocycles. The second kappa shape index (κ2) is 38.2. The summed E-state index contributed by atoms with van der Waals surface area (Å²) in [7, 11) is -4.40. The van der Waals surface area contributed by atoms with Gasteiger partial charge in [-0.3, -0.25) is 13.8 Å². The molecule has 0 radical (unpaired) electrons. The Morgan fingerprint density at radius 2 is 1.10 bits per heavy atom. The summed E-state index contributed by atoms with van der Waals surface area (Å²) in [5, 5.41) is 24.0. The van der Waals surface area contributed by atoms with Crippen molar-refractivity contribution in [2.75, 3.05) is 19.8 Å². The molecule has 0 aliphatic heterocycles. The van der Waals surface area contributed by atoms with Crippen LogP contribution in [0.15, 0.2) is 24.3 Å². The normalized spacial score (nSPS) is 15.0. The van der Waals surface area contributed by atoms with Crippen molar-refractivity contribution in [1.29, 1.82) is 0 Å². The lowest BCUT2D eigenvalue weighted by atomic mass is 10.0. The molecule has 0 aromatic heterocycles. The highest BCUT2D eigenvalue weighted by Gasteiger charge is 2.27. The molecule has 10 heteroatoms. The Bertz CT molecular complexity index is 888. The van der Waals surface area contributed by atoms with Crippen LogP contribution in [0.25, 0.3) is 0 Å². The Labute approximate surface area is 320 Å². The number of nitrogens with one attached hydrogen (secondary N) is 1. The first-order valence-corrected chi connectivity index (χ1v) is 23.0. The zero-order valence-corrected chi connectivity index (χ0v) is 34.6. The number of hydrogen-bond acceptors (Lipinski definition) is 7. The highest BCUT2D eigenvalue weighted by atomic mass is 31.2. The third-order valence-corrected chi connectivity index (χ3v) is 10.6. The summed E-state index contributed by atoms with van der Waals surface area (Å²) < 4.78 is 22.0. The Morgan fingerprint density at radius 3 is 1.60 bits per heavy atom. The fraction of sp³-hybridized carbons (Fsp3) is 0.881. The van der Waals surface area contributed by atoms with Gasteiger partial charge in [0.25, 0.3) is 0 Å². The van der Waals surface area contributed by atoms with E-state index >= 15 is 0 Å². The number of amides is 1. The van der Waals surface area contributed by atoms with Gasteiger partial charge in [-0.15, -0.1) is 0 Å². The lowest BCUT2D eigenvalue weighted by molar-refractivity contribution is -0.124. The molecule has 0 aromatic rings. The maximum absolute atomic E-state index is 12.8. The molecular formula is C42H83N2O7P. The Kier molecular flexibility index (Phi) is 37.4. The fourth-order valence-corrected chi connectivity index (χ4v) is 7.07. The predicted molar refractivity (Wildman–Crippen MR) is 218 cm³/mol. The number of carbonyl (C=O) groups excluding carboxylic acids is 1. The van der Waals surface area contributed by atoms with E-state index in [2.05, 4.69) is 31.3 Å². The summed E-state index contributed by atoms with van der Waals surface area (Å²) in [5.74, 6) is -0.454. The van der Waals surface area contributed by atoms with Crippen LogP contribution in [0.3, 0.4) is 0 Å². The van der Waals surface area contributed by atoms with E-state index in [4.69, 9.17) is 14.8 Å². The second-order valence-electron chi connectivity index (χ2n) is 14.7. The smallest absolute Gasteiger partial charge is 0.393 e. The van der Waals surface area contributed by atoms with Gasteiger partial charge in [0.15, 0.2) is 0 Å². The molecule has 4 atom stereocenters. The zero-order chi connectivity index (χ0) is 38.4. The van der Waals surface area contributed by atoms with Gasteiger partial charge in [0.2, 0.25) is 5.91 Å². The quantitative estimate of drug-likeness (QED) is 0.0235. The minimum atomic E-state index is -4.40. The average Bonchev–Trinajstić information content (AvgIpc) is 3.12. The van der Waals surface area contributed by atoms with Crippen LogP contribution in [0.4, 0.5) is 0 Å². The number of hydrogen-bond donors (Lipinski definition) is 5. The van der Waals surface area contributed by atoms with Crippen LogP contribution in [0, 0.1) is 0 Å². The molecule has 4 unspecified atom stereocenters. The minimum absolute atomic E-state index is 0.0458. The zero-order valence-electron chi connectivity index (χ0n) is 33.7. The topological polar surface area (TPSA) is 151 Å². The summed E-state index contributed by atoms with van der Waals surface area (Å²) in [4.78, 5) is 22.7. The molecule has 0 aliphatic rings. The van der Waals surface area contributed by atoms with Gasteiger partial charge in [0.1, 0.15) is 0 Å². The van der Waals surface area contributed by atoms with Gasteiger partial charge < -0.3 is 26.2 Å². The Hall–Kier alpha value is -1.06. The van der Waals surface area contributed by atoms with E-state index < -0.39 is 38.6 Å². The van der Waals surface area contributed by atoms with Crippen LogP contribution < -0.4 is 11.1 Å². The molecule has 0 spiro atoms. The molecule has 0 aliphatic carbocycles. The number of aliphatic hydroxyl groups excluding tert-OH is 2. The number of nitrogens with two attached hydrogens (primary N) is 1. The first-order chi connectivity index (χ1) is 25.3. The van der Waals surface area contributed by atoms with Crippen LogP contribution in [-0.2, 0) is 18.4 Å². The summed E-state index contributed by atoms with van der Waals surface area (Å²) in [6.07, 6.45) is 39.8. The van der Waals surface area contributed by atoms with Gasteiger partial charge >= 0.3 is 7.82 Å². The van der Waals surface area contributed by atoms with Crippen molar-refractivity contribution in [1.82, 2.24) is 5.32 Å². The molecule has 0 saturated carbocycles. The molecular weight excluding hydrogens is 675 g/mol. The lowest BCUT2D eigenvalue weighted by Gasteiger charge is -2.24. The Balaban J connectivity index is 4.28. The third-order valence-electron chi connectivity index (χ3n) is 9.58. The van der Waals surface area contributed by atoms with E-state index in [1.807, 2.05) is 6.08 Å². The van der Waals surface area contributed by atoms with E-state index in [1.54, 1.807) is 6.08 Å². The molecule has 0 saturated heterocycles. The fourth-order valence-electron chi connectivity index (χ4n) is 6.31. The largest absolute Gasteiger partial charge is 0.472 e. The van der Waals surface area contributed by atoms with Gasteiger partial charge in [0, 0.05) is 6.54 Å². The van der Waals surface area contributed by atoms with Gasteiger partial charge in [0.05, 0.1) is 37.9 Å². The van der Waals surface area contributed by atoms with E-state index in [1.165, 1.54) is 135 Å². The van der Waals surface area contributed by atoms with Crippen molar-refractivity contribution < 1.29 is 33.5 Å². The van der Waals surface area contributed by atoms with E-state index in [0.717, 1.165) is 32.1 Å². The Morgan fingerprint density at radius 1 is 0.654 bits per heavy atom. The van der Waals surface area contributed by atoms with Gasteiger partial charge in [-0.2, -0.15) is 0 Å². The molecule has 6 N–H and O–H groups in total. The van der Waals surface area contributed by atoms with Crippen LogP contribution in [0.5, 0.6) is 0 Å². The van der Waals surface area contributed by atoms with Crippen LogP contribution in [0.1, 0.15) is 200 Å². The minimum Gasteiger partial charge on any atom is -0.393 e. The third kappa shape index (κ3) is 35.9. The summed E-state index contributed by atoms with van der Waals surface area (Å²) >= 11 is 0. The number of phosphoric ester groups is 1. The van der Waals surface area contributed by atoms with Crippen molar-refractivity contribution >= 4 is 13.7 Å². The molecule has 52 heavy (non-hydrogen) atoms. The second-order valence-corrected chi connectivity index (χ2v) is 16.2. The van der Waals surface area contributed by atoms with E-state index in [9.17, 15) is 24.5 Å². The van der Waals surface area contributed by atoms with Crippen molar-refractivity contribution in [3.05, 3.63) is 24.3 Å². The van der Waals surface area contributed by atoms with Crippen molar-refractivity contribution in [2.45, 2.75) is 218 Å². The molecule has 9 nitrogen and oxygen atoms in total. The first-order valence-electron chi connectivity index (χ1n) is 21.5.